The number of aliphatic hydroxyl groups excluding tert-OH is 1. The van der Waals surface area contributed by atoms with Gasteiger partial charge in [-0.25, -0.2) is 4.98 Å². The second kappa shape index (κ2) is 8.23. The summed E-state index contributed by atoms with van der Waals surface area (Å²) in [5.74, 6) is 0.751. The van der Waals surface area contributed by atoms with Crippen molar-refractivity contribution in [1.82, 2.24) is 9.88 Å². The van der Waals surface area contributed by atoms with E-state index in [-0.39, 0.29) is 18.4 Å². The summed E-state index contributed by atoms with van der Waals surface area (Å²) in [6, 6.07) is 11.8. The van der Waals surface area contributed by atoms with Crippen molar-refractivity contribution in [2.75, 3.05) is 18.4 Å². The van der Waals surface area contributed by atoms with Crippen LogP contribution in [0.15, 0.2) is 42.6 Å². The molecule has 132 valence electrons. The van der Waals surface area contributed by atoms with Gasteiger partial charge in [-0.2, -0.15) is 0 Å². The van der Waals surface area contributed by atoms with Crippen LogP contribution in [0, 0.1) is 12.8 Å². The fraction of sp³-hybridized carbons (Fsp3) is 0.400. The average molecular weight is 339 g/mol. The molecule has 5 heteroatoms. The zero-order valence-corrected chi connectivity index (χ0v) is 14.6. The van der Waals surface area contributed by atoms with Crippen molar-refractivity contribution in [3.05, 3.63) is 59.3 Å². The molecule has 0 radical (unpaired) electrons. The van der Waals surface area contributed by atoms with Gasteiger partial charge in [0.05, 0.1) is 6.61 Å². The minimum Gasteiger partial charge on any atom is -0.392 e. The first-order chi connectivity index (χ1) is 12.1. The normalized spacial score (nSPS) is 15.9. The van der Waals surface area contributed by atoms with Crippen LogP contribution in [-0.4, -0.2) is 34.0 Å². The Hall–Kier alpha value is -2.24. The number of anilines is 1. The van der Waals surface area contributed by atoms with Gasteiger partial charge in [0.2, 0.25) is 5.91 Å². The SMILES string of the molecule is Cc1ccc(NC(=O)C2CCN(Cc3ccc(CO)cc3)CC2)nc1. The second-order valence-corrected chi connectivity index (χ2v) is 6.74. The maximum absolute atomic E-state index is 12.4. The van der Waals surface area contributed by atoms with E-state index in [4.69, 9.17) is 5.11 Å². The molecule has 25 heavy (non-hydrogen) atoms. The third-order valence-corrected chi connectivity index (χ3v) is 4.73. The summed E-state index contributed by atoms with van der Waals surface area (Å²) in [6.07, 6.45) is 3.50. The molecule has 2 N–H and O–H groups in total. The number of carbonyl (C=O) groups is 1. The smallest absolute Gasteiger partial charge is 0.228 e. The number of amides is 1. The average Bonchev–Trinajstić information content (AvgIpc) is 2.65. The van der Waals surface area contributed by atoms with E-state index in [0.717, 1.165) is 43.6 Å². The van der Waals surface area contributed by atoms with E-state index < -0.39 is 0 Å². The highest BCUT2D eigenvalue weighted by molar-refractivity contribution is 5.91. The number of piperidine rings is 1. The van der Waals surface area contributed by atoms with Gasteiger partial charge in [0.25, 0.3) is 0 Å². The number of aliphatic hydroxyl groups is 1. The van der Waals surface area contributed by atoms with Crippen LogP contribution in [0.3, 0.4) is 0 Å². The number of benzene rings is 1. The molecule has 0 atom stereocenters. The van der Waals surface area contributed by atoms with E-state index in [1.54, 1.807) is 6.20 Å². The van der Waals surface area contributed by atoms with Gasteiger partial charge in [0.15, 0.2) is 0 Å². The largest absolute Gasteiger partial charge is 0.392 e. The molecule has 1 fully saturated rings. The molecule has 1 aromatic carbocycles. The van der Waals surface area contributed by atoms with E-state index in [9.17, 15) is 4.79 Å². The minimum atomic E-state index is 0.0520. The van der Waals surface area contributed by atoms with Crippen LogP contribution in [0.25, 0.3) is 0 Å². The zero-order chi connectivity index (χ0) is 17.6. The molecule has 2 aromatic rings. The van der Waals surface area contributed by atoms with Crippen LogP contribution >= 0.6 is 0 Å². The first-order valence-corrected chi connectivity index (χ1v) is 8.78. The maximum Gasteiger partial charge on any atom is 0.228 e. The lowest BCUT2D eigenvalue weighted by atomic mass is 9.95. The molecule has 5 nitrogen and oxygen atoms in total. The highest BCUT2D eigenvalue weighted by Crippen LogP contribution is 2.21. The summed E-state index contributed by atoms with van der Waals surface area (Å²) >= 11 is 0. The van der Waals surface area contributed by atoms with E-state index >= 15 is 0 Å². The van der Waals surface area contributed by atoms with Crippen molar-refractivity contribution in [2.24, 2.45) is 5.92 Å². The third kappa shape index (κ3) is 4.87. The topological polar surface area (TPSA) is 65.5 Å². The molecule has 1 aliphatic rings. The number of hydrogen-bond donors (Lipinski definition) is 2. The number of hydrogen-bond acceptors (Lipinski definition) is 4. The number of rotatable bonds is 5. The van der Waals surface area contributed by atoms with Crippen LogP contribution in [0.4, 0.5) is 5.82 Å². The number of likely N-dealkylation sites (tertiary alicyclic amines) is 1. The fourth-order valence-electron chi connectivity index (χ4n) is 3.13. The minimum absolute atomic E-state index is 0.0520. The van der Waals surface area contributed by atoms with Gasteiger partial charge in [-0.15, -0.1) is 0 Å². The summed E-state index contributed by atoms with van der Waals surface area (Å²) < 4.78 is 0. The molecule has 0 unspecified atom stereocenters. The number of nitrogens with one attached hydrogen (secondary N) is 1. The molecule has 0 aliphatic carbocycles. The predicted octanol–water partition coefficient (Wildman–Crippen LogP) is 2.73. The molecule has 0 bridgehead atoms. The van der Waals surface area contributed by atoms with Crippen LogP contribution in [0.1, 0.15) is 29.5 Å². The zero-order valence-electron chi connectivity index (χ0n) is 14.6. The molecule has 1 aliphatic heterocycles. The lowest BCUT2D eigenvalue weighted by Gasteiger charge is -2.31. The van der Waals surface area contributed by atoms with Crippen molar-refractivity contribution >= 4 is 11.7 Å². The third-order valence-electron chi connectivity index (χ3n) is 4.73. The van der Waals surface area contributed by atoms with E-state index in [1.807, 2.05) is 31.2 Å². The first-order valence-electron chi connectivity index (χ1n) is 8.78. The number of pyridine rings is 1. The van der Waals surface area contributed by atoms with Gasteiger partial charge < -0.3 is 10.4 Å². The summed E-state index contributed by atoms with van der Waals surface area (Å²) in [4.78, 5) is 19.0. The Kier molecular flexibility index (Phi) is 5.79. The highest BCUT2D eigenvalue weighted by Gasteiger charge is 2.25. The monoisotopic (exact) mass is 339 g/mol. The molecule has 2 heterocycles. The van der Waals surface area contributed by atoms with Gasteiger partial charge >= 0.3 is 0 Å². The van der Waals surface area contributed by atoms with Gasteiger partial charge in [-0.05, 0) is 55.6 Å². The van der Waals surface area contributed by atoms with Gasteiger partial charge in [-0.3, -0.25) is 9.69 Å². The van der Waals surface area contributed by atoms with E-state index in [1.165, 1.54) is 5.56 Å². The summed E-state index contributed by atoms with van der Waals surface area (Å²) in [6.45, 7) is 4.78. The second-order valence-electron chi connectivity index (χ2n) is 6.74. The maximum atomic E-state index is 12.4. The lowest BCUT2D eigenvalue weighted by Crippen LogP contribution is -2.37. The molecule has 1 amide bonds. The Labute approximate surface area is 148 Å². The quantitative estimate of drug-likeness (QED) is 0.879. The van der Waals surface area contributed by atoms with Gasteiger partial charge in [-0.1, -0.05) is 30.3 Å². The molecule has 1 aromatic heterocycles. The molecule has 3 rings (SSSR count). The summed E-state index contributed by atoms with van der Waals surface area (Å²) in [5, 5.41) is 12.0. The van der Waals surface area contributed by atoms with Crippen LogP contribution in [0.2, 0.25) is 0 Å². The molecule has 0 spiro atoms. The Bertz CT molecular complexity index is 690. The van der Waals surface area contributed by atoms with E-state index in [2.05, 4.69) is 27.3 Å². The van der Waals surface area contributed by atoms with Crippen molar-refractivity contribution in [1.29, 1.82) is 0 Å². The Morgan fingerprint density at radius 1 is 1.16 bits per heavy atom. The molecule has 1 saturated heterocycles. The number of aromatic nitrogens is 1. The van der Waals surface area contributed by atoms with Crippen molar-refractivity contribution < 1.29 is 9.90 Å². The van der Waals surface area contributed by atoms with Crippen LogP contribution in [0.5, 0.6) is 0 Å². The van der Waals surface area contributed by atoms with Crippen molar-refractivity contribution in [3.8, 4) is 0 Å². The predicted molar refractivity (Wildman–Crippen MR) is 98.0 cm³/mol. The Morgan fingerprint density at radius 3 is 2.44 bits per heavy atom. The molecule has 0 saturated carbocycles. The van der Waals surface area contributed by atoms with Gasteiger partial charge in [0, 0.05) is 18.7 Å². The van der Waals surface area contributed by atoms with Crippen LogP contribution < -0.4 is 5.32 Å². The van der Waals surface area contributed by atoms with Crippen molar-refractivity contribution in [3.63, 3.8) is 0 Å². The molecular weight excluding hydrogens is 314 g/mol. The number of nitrogens with zero attached hydrogens (tertiary/aromatic N) is 2. The summed E-state index contributed by atoms with van der Waals surface area (Å²) in [5.41, 5.74) is 3.26. The van der Waals surface area contributed by atoms with Crippen molar-refractivity contribution in [2.45, 2.75) is 32.9 Å². The number of carbonyl (C=O) groups excluding carboxylic acids is 1. The fourth-order valence-corrected chi connectivity index (χ4v) is 3.13. The van der Waals surface area contributed by atoms with Crippen LogP contribution in [-0.2, 0) is 17.9 Å². The highest BCUT2D eigenvalue weighted by atomic mass is 16.3. The first kappa shape index (κ1) is 17.6. The van der Waals surface area contributed by atoms with Gasteiger partial charge in [0.1, 0.15) is 5.82 Å². The summed E-state index contributed by atoms with van der Waals surface area (Å²) in [7, 11) is 0. The number of aryl methyl sites for hydroxylation is 1. The van der Waals surface area contributed by atoms with E-state index in [0.29, 0.717) is 5.82 Å². The Morgan fingerprint density at radius 2 is 1.84 bits per heavy atom. The molecular formula is C20H25N3O2. The Balaban J connectivity index is 1.47. The standard InChI is InChI=1S/C20H25N3O2/c1-15-2-7-19(21-12-15)22-20(25)18-8-10-23(11-9-18)13-16-3-5-17(14-24)6-4-16/h2-7,12,18,24H,8-11,13-14H2,1H3,(H,21,22,25). The lowest BCUT2D eigenvalue weighted by molar-refractivity contribution is -0.121.